The minimum atomic E-state index is -3.67. The van der Waals surface area contributed by atoms with Crippen molar-refractivity contribution < 1.29 is 37.0 Å². The van der Waals surface area contributed by atoms with Gasteiger partial charge < -0.3 is 19.5 Å². The third-order valence-corrected chi connectivity index (χ3v) is 5.79. The van der Waals surface area contributed by atoms with Gasteiger partial charge in [0.1, 0.15) is 0 Å². The summed E-state index contributed by atoms with van der Waals surface area (Å²) in [5, 5.41) is 4.37. The number of ether oxygens (including phenoxy) is 3. The third kappa shape index (κ3) is 6.78. The Labute approximate surface area is 168 Å². The first-order valence-electron chi connectivity index (χ1n) is 8.76. The van der Waals surface area contributed by atoms with Crippen LogP contribution in [0.4, 0.5) is 4.79 Å². The molecule has 0 aliphatic carbocycles. The molecule has 0 aromatic heterocycles. The molecule has 160 valence electrons. The fraction of sp³-hybridized carbons (Fsp3) is 0.471. The van der Waals surface area contributed by atoms with E-state index in [9.17, 15) is 22.8 Å². The van der Waals surface area contributed by atoms with Crippen LogP contribution in [-0.4, -0.2) is 83.8 Å². The maximum atomic E-state index is 12.5. The van der Waals surface area contributed by atoms with Crippen LogP contribution in [0.25, 0.3) is 0 Å². The van der Waals surface area contributed by atoms with Crippen LogP contribution in [-0.2, 0) is 29.0 Å². The Kier molecular flexibility index (Phi) is 8.51. The molecule has 29 heavy (non-hydrogen) atoms. The smallest absolute Gasteiger partial charge is 0.338 e. The lowest BCUT2D eigenvalue weighted by Gasteiger charge is -2.26. The van der Waals surface area contributed by atoms with Crippen LogP contribution in [0, 0.1) is 0 Å². The Hall–Kier alpha value is -2.54. The number of urea groups is 1. The van der Waals surface area contributed by atoms with Gasteiger partial charge in [-0.15, -0.1) is 0 Å². The van der Waals surface area contributed by atoms with E-state index in [4.69, 9.17) is 14.2 Å². The second kappa shape index (κ2) is 10.9. The number of carbonyl (C=O) groups is 3. The summed E-state index contributed by atoms with van der Waals surface area (Å²) in [5.74, 6) is -1.63. The number of methoxy groups -OCH3 is 1. The van der Waals surface area contributed by atoms with Gasteiger partial charge in [-0.3, -0.25) is 10.1 Å². The molecule has 1 aromatic carbocycles. The summed E-state index contributed by atoms with van der Waals surface area (Å²) >= 11 is 0. The number of rotatable bonds is 8. The number of hydrogen-bond donors (Lipinski definition) is 2. The van der Waals surface area contributed by atoms with Gasteiger partial charge in [-0.1, -0.05) is 0 Å². The maximum Gasteiger partial charge on any atom is 0.338 e. The van der Waals surface area contributed by atoms with Gasteiger partial charge >= 0.3 is 12.0 Å². The summed E-state index contributed by atoms with van der Waals surface area (Å²) in [4.78, 5) is 35.1. The predicted octanol–water partition coefficient (Wildman–Crippen LogP) is -0.663. The number of nitrogens with one attached hydrogen (secondary N) is 2. The largest absolute Gasteiger partial charge is 0.452 e. The molecule has 0 atom stereocenters. The molecule has 0 saturated carbocycles. The molecule has 1 heterocycles. The first-order chi connectivity index (χ1) is 13.8. The van der Waals surface area contributed by atoms with Crippen LogP contribution in [0.3, 0.4) is 0 Å². The number of morpholine rings is 1. The zero-order valence-corrected chi connectivity index (χ0v) is 16.7. The number of benzene rings is 1. The lowest BCUT2D eigenvalue weighted by atomic mass is 10.2. The number of hydrogen-bond acceptors (Lipinski definition) is 8. The average Bonchev–Trinajstić information content (AvgIpc) is 2.73. The van der Waals surface area contributed by atoms with E-state index in [2.05, 4.69) is 5.32 Å². The topological polar surface area (TPSA) is 140 Å². The van der Waals surface area contributed by atoms with Crippen molar-refractivity contribution >= 4 is 27.9 Å². The molecular weight excluding hydrogens is 406 g/mol. The van der Waals surface area contributed by atoms with Gasteiger partial charge in [0.15, 0.2) is 6.61 Å². The summed E-state index contributed by atoms with van der Waals surface area (Å²) in [5.41, 5.74) is 0.0725. The third-order valence-electron chi connectivity index (χ3n) is 3.88. The number of esters is 1. The monoisotopic (exact) mass is 429 g/mol. The molecule has 2 rings (SSSR count). The molecule has 0 unspecified atom stereocenters. The van der Waals surface area contributed by atoms with Crippen molar-refractivity contribution in [1.29, 1.82) is 0 Å². The Morgan fingerprint density at radius 2 is 1.79 bits per heavy atom. The standard InChI is InChI=1S/C17H23N3O8S/c1-26-9-6-18-17(23)19-15(21)12-28-16(22)13-2-4-14(5-3-13)29(24,25)20-7-10-27-11-8-20/h2-5H,6-12H2,1H3,(H2,18,19,21,23). The van der Waals surface area contributed by atoms with Crippen molar-refractivity contribution in [3.05, 3.63) is 29.8 Å². The number of amides is 3. The molecule has 0 spiro atoms. The number of imide groups is 1. The van der Waals surface area contributed by atoms with E-state index < -0.39 is 34.5 Å². The Morgan fingerprint density at radius 3 is 2.41 bits per heavy atom. The fourth-order valence-corrected chi connectivity index (χ4v) is 3.79. The van der Waals surface area contributed by atoms with Crippen LogP contribution in [0.1, 0.15) is 10.4 Å². The summed E-state index contributed by atoms with van der Waals surface area (Å²) < 4.78 is 41.1. The van der Waals surface area contributed by atoms with Crippen LogP contribution >= 0.6 is 0 Å². The number of nitrogens with zero attached hydrogens (tertiary/aromatic N) is 1. The van der Waals surface area contributed by atoms with E-state index in [1.54, 1.807) is 0 Å². The Balaban J connectivity index is 1.85. The quantitative estimate of drug-likeness (QED) is 0.410. The van der Waals surface area contributed by atoms with E-state index in [-0.39, 0.29) is 36.7 Å². The lowest BCUT2D eigenvalue weighted by molar-refractivity contribution is -0.123. The molecule has 1 aliphatic rings. The molecule has 1 saturated heterocycles. The van der Waals surface area contributed by atoms with E-state index in [1.807, 2.05) is 5.32 Å². The Morgan fingerprint density at radius 1 is 1.14 bits per heavy atom. The first-order valence-corrected chi connectivity index (χ1v) is 10.2. The van der Waals surface area contributed by atoms with Gasteiger partial charge in [0.25, 0.3) is 5.91 Å². The molecule has 11 nitrogen and oxygen atoms in total. The van der Waals surface area contributed by atoms with Crippen molar-refractivity contribution in [2.24, 2.45) is 0 Å². The van der Waals surface area contributed by atoms with Crippen LogP contribution in [0.2, 0.25) is 0 Å². The van der Waals surface area contributed by atoms with Crippen molar-refractivity contribution in [3.63, 3.8) is 0 Å². The first kappa shape index (κ1) is 22.7. The minimum Gasteiger partial charge on any atom is -0.452 e. The summed E-state index contributed by atoms with van der Waals surface area (Å²) in [6.07, 6.45) is 0. The molecular formula is C17H23N3O8S. The van der Waals surface area contributed by atoms with Crippen molar-refractivity contribution in [2.45, 2.75) is 4.90 Å². The van der Waals surface area contributed by atoms with Gasteiger partial charge in [0, 0.05) is 26.7 Å². The predicted molar refractivity (Wildman–Crippen MR) is 99.7 cm³/mol. The molecule has 2 N–H and O–H groups in total. The lowest BCUT2D eigenvalue weighted by Crippen LogP contribution is -2.42. The molecule has 1 aliphatic heterocycles. The zero-order valence-electron chi connectivity index (χ0n) is 15.9. The van der Waals surface area contributed by atoms with E-state index in [1.165, 1.54) is 35.7 Å². The molecule has 1 fully saturated rings. The van der Waals surface area contributed by atoms with Crippen LogP contribution in [0.15, 0.2) is 29.2 Å². The van der Waals surface area contributed by atoms with Crippen molar-refractivity contribution in [1.82, 2.24) is 14.9 Å². The maximum absolute atomic E-state index is 12.5. The van der Waals surface area contributed by atoms with Gasteiger partial charge in [-0.05, 0) is 24.3 Å². The van der Waals surface area contributed by atoms with E-state index in [0.717, 1.165) is 0 Å². The molecule has 0 bridgehead atoms. The van der Waals surface area contributed by atoms with Gasteiger partial charge in [-0.25, -0.2) is 18.0 Å². The molecule has 0 radical (unpaired) electrons. The van der Waals surface area contributed by atoms with E-state index in [0.29, 0.717) is 13.2 Å². The molecule has 3 amide bonds. The molecule has 12 heteroatoms. The number of carbonyl (C=O) groups excluding carboxylic acids is 3. The number of sulfonamides is 1. The highest BCUT2D eigenvalue weighted by Crippen LogP contribution is 2.18. The van der Waals surface area contributed by atoms with Crippen LogP contribution < -0.4 is 10.6 Å². The van der Waals surface area contributed by atoms with Gasteiger partial charge in [0.05, 0.1) is 30.3 Å². The van der Waals surface area contributed by atoms with Crippen molar-refractivity contribution in [2.75, 3.05) is 53.2 Å². The second-order valence-electron chi connectivity index (χ2n) is 5.91. The Bertz CT molecular complexity index is 820. The fourth-order valence-electron chi connectivity index (χ4n) is 2.39. The minimum absolute atomic E-state index is 0.0430. The summed E-state index contributed by atoms with van der Waals surface area (Å²) in [6.45, 7) is 1.03. The highest BCUT2D eigenvalue weighted by atomic mass is 32.2. The highest BCUT2D eigenvalue weighted by Gasteiger charge is 2.26. The zero-order chi connectivity index (χ0) is 21.3. The summed E-state index contributed by atoms with van der Waals surface area (Å²) in [7, 11) is -2.20. The normalized spacial score (nSPS) is 14.8. The van der Waals surface area contributed by atoms with Crippen LogP contribution in [0.5, 0.6) is 0 Å². The second-order valence-corrected chi connectivity index (χ2v) is 7.85. The SMILES string of the molecule is COCCNC(=O)NC(=O)COC(=O)c1ccc(S(=O)(=O)N2CCOCC2)cc1. The van der Waals surface area contributed by atoms with Crippen molar-refractivity contribution in [3.8, 4) is 0 Å². The van der Waals surface area contributed by atoms with Gasteiger partial charge in [-0.2, -0.15) is 4.31 Å². The average molecular weight is 429 g/mol. The van der Waals surface area contributed by atoms with Gasteiger partial charge in [0.2, 0.25) is 10.0 Å². The molecule has 1 aromatic rings. The highest BCUT2D eigenvalue weighted by molar-refractivity contribution is 7.89. The van der Waals surface area contributed by atoms with E-state index >= 15 is 0 Å². The summed E-state index contributed by atoms with van der Waals surface area (Å²) in [6, 6.07) is 4.45.